The molecule has 150 valence electrons. The van der Waals surface area contributed by atoms with Crippen LogP contribution >= 0.6 is 24.0 Å². The van der Waals surface area contributed by atoms with E-state index in [1.54, 1.807) is 25.3 Å². The van der Waals surface area contributed by atoms with Gasteiger partial charge in [0.15, 0.2) is 5.96 Å². The molecule has 0 saturated heterocycles. The average Bonchev–Trinajstić information content (AvgIpc) is 2.57. The zero-order chi connectivity index (χ0) is 19.1. The predicted molar refractivity (Wildman–Crippen MR) is 117 cm³/mol. The van der Waals surface area contributed by atoms with Crippen LogP contribution in [0.3, 0.4) is 0 Å². The fourth-order valence-electron chi connectivity index (χ4n) is 1.96. The minimum atomic E-state index is -3.50. The summed E-state index contributed by atoms with van der Waals surface area (Å²) in [5.41, 5.74) is 0.321. The van der Waals surface area contributed by atoms with E-state index in [1.807, 2.05) is 26.8 Å². The first kappa shape index (κ1) is 25.1. The highest BCUT2D eigenvalue weighted by atomic mass is 127. The van der Waals surface area contributed by atoms with Crippen LogP contribution in [0.2, 0.25) is 0 Å². The molecule has 1 aromatic rings. The standard InChI is InChI=1S/C17H30N4O3S.HI/c1-7-18-16(20-13-17(2,3)24-6)19-12-14-10-8-9-11-15(14)25(22,23)21(4)5;/h8-11H,7,12-13H2,1-6H3,(H2,18,19,20);1H. The summed E-state index contributed by atoms with van der Waals surface area (Å²) < 4.78 is 31.5. The first-order valence-electron chi connectivity index (χ1n) is 8.22. The van der Waals surface area contributed by atoms with Crippen molar-refractivity contribution in [3.8, 4) is 0 Å². The van der Waals surface area contributed by atoms with Crippen molar-refractivity contribution in [1.82, 2.24) is 14.9 Å². The van der Waals surface area contributed by atoms with Crippen molar-refractivity contribution in [3.05, 3.63) is 29.8 Å². The van der Waals surface area contributed by atoms with Crippen molar-refractivity contribution in [2.24, 2.45) is 4.99 Å². The first-order valence-corrected chi connectivity index (χ1v) is 9.66. The molecule has 9 heteroatoms. The number of guanidine groups is 1. The van der Waals surface area contributed by atoms with Crippen LogP contribution in [0, 0.1) is 0 Å². The van der Waals surface area contributed by atoms with Crippen molar-refractivity contribution in [2.45, 2.75) is 37.8 Å². The monoisotopic (exact) mass is 498 g/mol. The largest absolute Gasteiger partial charge is 0.377 e. The summed E-state index contributed by atoms with van der Waals surface area (Å²) in [6, 6.07) is 6.92. The number of ether oxygens (including phenoxy) is 1. The molecule has 1 rings (SSSR count). The smallest absolute Gasteiger partial charge is 0.242 e. The quantitative estimate of drug-likeness (QED) is 0.326. The van der Waals surface area contributed by atoms with Crippen LogP contribution < -0.4 is 10.6 Å². The minimum absolute atomic E-state index is 0. The lowest BCUT2D eigenvalue weighted by Crippen LogP contribution is -2.45. The van der Waals surface area contributed by atoms with Crippen LogP contribution in [0.4, 0.5) is 0 Å². The second-order valence-corrected chi connectivity index (χ2v) is 8.53. The van der Waals surface area contributed by atoms with E-state index in [2.05, 4.69) is 15.6 Å². The van der Waals surface area contributed by atoms with Gasteiger partial charge in [-0.05, 0) is 32.4 Å². The van der Waals surface area contributed by atoms with E-state index in [0.717, 1.165) is 0 Å². The van der Waals surface area contributed by atoms with Crippen LogP contribution in [-0.2, 0) is 21.3 Å². The summed E-state index contributed by atoms with van der Waals surface area (Å²) in [6.45, 7) is 7.46. The summed E-state index contributed by atoms with van der Waals surface area (Å²) in [7, 11) is 1.20. The molecule has 0 aliphatic heterocycles. The number of rotatable bonds is 8. The summed E-state index contributed by atoms with van der Waals surface area (Å²) in [5, 5.41) is 6.37. The minimum Gasteiger partial charge on any atom is -0.377 e. The lowest BCUT2D eigenvalue weighted by molar-refractivity contribution is 0.0268. The maximum Gasteiger partial charge on any atom is 0.242 e. The fraction of sp³-hybridized carbons (Fsp3) is 0.588. The number of hydrogen-bond acceptors (Lipinski definition) is 4. The fourth-order valence-corrected chi connectivity index (χ4v) is 3.07. The molecule has 0 aliphatic rings. The Morgan fingerprint density at radius 3 is 2.38 bits per heavy atom. The number of methoxy groups -OCH3 is 1. The molecule has 7 nitrogen and oxygen atoms in total. The van der Waals surface area contributed by atoms with Gasteiger partial charge in [-0.3, -0.25) is 0 Å². The van der Waals surface area contributed by atoms with Gasteiger partial charge in [-0.2, -0.15) is 0 Å². The normalized spacial score (nSPS) is 12.7. The lowest BCUT2D eigenvalue weighted by Gasteiger charge is -2.24. The number of aliphatic imine (C=N–C) groups is 1. The van der Waals surface area contributed by atoms with Crippen molar-refractivity contribution in [1.29, 1.82) is 0 Å². The van der Waals surface area contributed by atoms with Gasteiger partial charge in [0.2, 0.25) is 10.0 Å². The van der Waals surface area contributed by atoms with Gasteiger partial charge < -0.3 is 15.4 Å². The van der Waals surface area contributed by atoms with E-state index in [0.29, 0.717) is 24.6 Å². The molecule has 26 heavy (non-hydrogen) atoms. The third-order valence-electron chi connectivity index (χ3n) is 3.72. The van der Waals surface area contributed by atoms with E-state index in [4.69, 9.17) is 4.74 Å². The van der Waals surface area contributed by atoms with Crippen molar-refractivity contribution in [3.63, 3.8) is 0 Å². The Morgan fingerprint density at radius 2 is 1.85 bits per heavy atom. The maximum atomic E-state index is 12.4. The van der Waals surface area contributed by atoms with Crippen LogP contribution in [-0.4, -0.2) is 58.6 Å². The third kappa shape index (κ3) is 7.37. The molecule has 0 atom stereocenters. The average molecular weight is 498 g/mol. The molecule has 0 aromatic heterocycles. The summed E-state index contributed by atoms with van der Waals surface area (Å²) in [6.07, 6.45) is 0. The molecule has 1 aromatic carbocycles. The zero-order valence-corrected chi connectivity index (χ0v) is 19.5. The number of benzene rings is 1. The molecule has 0 heterocycles. The Bertz CT molecular complexity index is 691. The predicted octanol–water partition coefficient (Wildman–Crippen LogP) is 2.04. The van der Waals surface area contributed by atoms with Gasteiger partial charge >= 0.3 is 0 Å². The number of halogens is 1. The molecule has 0 bridgehead atoms. The summed E-state index contributed by atoms with van der Waals surface area (Å²) in [4.78, 5) is 4.79. The van der Waals surface area contributed by atoms with Gasteiger partial charge in [0.1, 0.15) is 0 Å². The van der Waals surface area contributed by atoms with Crippen molar-refractivity contribution in [2.75, 3.05) is 34.3 Å². The van der Waals surface area contributed by atoms with E-state index in [-0.39, 0.29) is 41.0 Å². The molecule has 0 radical (unpaired) electrons. The second kappa shape index (κ2) is 11.1. The Labute approximate surface area is 174 Å². The Morgan fingerprint density at radius 1 is 1.23 bits per heavy atom. The Balaban J connectivity index is 0.00000625. The van der Waals surface area contributed by atoms with Gasteiger partial charge in [0, 0.05) is 34.3 Å². The number of nitrogens with one attached hydrogen (secondary N) is 2. The molecule has 0 saturated carbocycles. The highest BCUT2D eigenvalue weighted by molar-refractivity contribution is 14.0. The Kier molecular flexibility index (Phi) is 10.7. The van der Waals surface area contributed by atoms with Gasteiger partial charge in [-0.15, -0.1) is 24.0 Å². The molecular formula is C17H31IN4O3S. The van der Waals surface area contributed by atoms with E-state index < -0.39 is 10.0 Å². The maximum absolute atomic E-state index is 12.4. The number of sulfonamides is 1. The van der Waals surface area contributed by atoms with Gasteiger partial charge in [-0.25, -0.2) is 17.7 Å². The number of hydrogen-bond donors (Lipinski definition) is 2. The third-order valence-corrected chi connectivity index (χ3v) is 5.63. The molecule has 0 spiro atoms. The zero-order valence-electron chi connectivity index (χ0n) is 16.4. The van der Waals surface area contributed by atoms with E-state index in [1.165, 1.54) is 18.4 Å². The van der Waals surface area contributed by atoms with E-state index in [9.17, 15) is 8.42 Å². The van der Waals surface area contributed by atoms with E-state index >= 15 is 0 Å². The highest BCUT2D eigenvalue weighted by Crippen LogP contribution is 2.19. The lowest BCUT2D eigenvalue weighted by atomic mass is 10.1. The van der Waals surface area contributed by atoms with Crippen molar-refractivity contribution < 1.29 is 13.2 Å². The number of nitrogens with zero attached hydrogens (tertiary/aromatic N) is 2. The Hall–Kier alpha value is -0.910. The topological polar surface area (TPSA) is 83.0 Å². The molecule has 0 fully saturated rings. The van der Waals surface area contributed by atoms with Gasteiger partial charge in [0.05, 0.1) is 17.0 Å². The van der Waals surface area contributed by atoms with Gasteiger partial charge in [0.25, 0.3) is 0 Å². The molecule has 0 amide bonds. The SMILES string of the molecule is CCNC(=NCc1ccccc1S(=O)(=O)N(C)C)NCC(C)(C)OC.I. The molecule has 0 aliphatic carbocycles. The second-order valence-electron chi connectivity index (χ2n) is 6.41. The molecule has 2 N–H and O–H groups in total. The van der Waals surface area contributed by atoms with Crippen LogP contribution in [0.25, 0.3) is 0 Å². The summed E-state index contributed by atoms with van der Waals surface area (Å²) >= 11 is 0. The van der Waals surface area contributed by atoms with Gasteiger partial charge in [-0.1, -0.05) is 18.2 Å². The van der Waals surface area contributed by atoms with Crippen molar-refractivity contribution >= 4 is 40.0 Å². The molecule has 0 unspecified atom stereocenters. The highest BCUT2D eigenvalue weighted by Gasteiger charge is 2.21. The summed E-state index contributed by atoms with van der Waals surface area (Å²) in [5.74, 6) is 0.615. The van der Waals surface area contributed by atoms with Crippen LogP contribution in [0.1, 0.15) is 26.3 Å². The first-order chi connectivity index (χ1) is 11.6. The molecular weight excluding hydrogens is 467 g/mol. The van der Waals surface area contributed by atoms with Crippen LogP contribution in [0.5, 0.6) is 0 Å². The van der Waals surface area contributed by atoms with Crippen LogP contribution in [0.15, 0.2) is 34.2 Å².